The molecule has 3 rings (SSSR count). The van der Waals surface area contributed by atoms with E-state index in [0.717, 1.165) is 67.5 Å². The summed E-state index contributed by atoms with van der Waals surface area (Å²) in [6.07, 6.45) is 6.64. The van der Waals surface area contributed by atoms with Crippen LogP contribution in [-0.2, 0) is 22.0 Å². The summed E-state index contributed by atoms with van der Waals surface area (Å²) in [5.41, 5.74) is 2.91. The van der Waals surface area contributed by atoms with E-state index in [-0.39, 0.29) is 10.1 Å². The van der Waals surface area contributed by atoms with E-state index in [1.807, 2.05) is 19.1 Å². The number of aryl methyl sites for hydroxylation is 1. The summed E-state index contributed by atoms with van der Waals surface area (Å²) in [4.78, 5) is 14.5. The van der Waals surface area contributed by atoms with Crippen molar-refractivity contribution in [3.05, 3.63) is 22.7 Å². The van der Waals surface area contributed by atoms with E-state index in [1.54, 1.807) is 0 Å². The first-order valence-electron chi connectivity index (χ1n) is 12.2. The molecule has 0 amide bonds. The van der Waals surface area contributed by atoms with E-state index in [0.29, 0.717) is 30.1 Å². The molecule has 2 heterocycles. The van der Waals surface area contributed by atoms with Crippen LogP contribution in [0.2, 0.25) is 0 Å². The van der Waals surface area contributed by atoms with Gasteiger partial charge in [-0.3, -0.25) is 4.72 Å². The molecule has 0 bridgehead atoms. The lowest BCUT2D eigenvalue weighted by Crippen LogP contribution is -2.45. The molecule has 0 aliphatic carbocycles. The van der Waals surface area contributed by atoms with Gasteiger partial charge in [0.15, 0.2) is 0 Å². The molecule has 35 heavy (non-hydrogen) atoms. The molecule has 1 atom stereocenters. The van der Waals surface area contributed by atoms with Gasteiger partial charge in [-0.15, -0.1) is 20.4 Å². The van der Waals surface area contributed by atoms with E-state index in [9.17, 15) is 13.2 Å². The minimum absolute atomic E-state index is 0.105. The van der Waals surface area contributed by atoms with Crippen molar-refractivity contribution in [1.82, 2.24) is 10.2 Å². The Balaban J connectivity index is 1.92. The monoisotopic (exact) mass is 522 g/mol. The SMILES string of the molecule is CCCCOC(=O)c1nnc(N=Nc2cc3c(cc2N[SH](=O)=O)N(C(CC)CC)C(CC)CC3)s1. The molecule has 10 nitrogen and oxygen atoms in total. The minimum Gasteiger partial charge on any atom is -0.460 e. The van der Waals surface area contributed by atoms with Crippen molar-refractivity contribution < 1.29 is 17.9 Å². The number of carbonyl (C=O) groups excluding carboxylic acids is 1. The minimum atomic E-state index is -2.89. The zero-order valence-electron chi connectivity index (χ0n) is 20.7. The number of rotatable bonds is 12. The summed E-state index contributed by atoms with van der Waals surface area (Å²) in [6.45, 7) is 8.89. The maximum atomic E-state index is 12.1. The maximum absolute atomic E-state index is 12.1. The Hall–Kier alpha value is -2.60. The van der Waals surface area contributed by atoms with E-state index in [1.165, 1.54) is 0 Å². The second kappa shape index (κ2) is 12.9. The molecule has 1 unspecified atom stereocenters. The van der Waals surface area contributed by atoms with Gasteiger partial charge in [0.2, 0.25) is 15.9 Å². The van der Waals surface area contributed by atoms with E-state index < -0.39 is 16.9 Å². The Morgan fingerprint density at radius 1 is 1.23 bits per heavy atom. The highest BCUT2D eigenvalue weighted by molar-refractivity contribution is 7.73. The Bertz CT molecular complexity index is 1110. The highest BCUT2D eigenvalue weighted by Crippen LogP contribution is 2.41. The number of esters is 1. The fourth-order valence-corrected chi connectivity index (χ4v) is 5.31. The Kier molecular flexibility index (Phi) is 9.96. The Morgan fingerprint density at radius 3 is 2.66 bits per heavy atom. The van der Waals surface area contributed by atoms with E-state index in [2.05, 4.69) is 50.8 Å². The number of unbranched alkanes of at least 4 members (excludes halogenated alkanes) is 1. The summed E-state index contributed by atoms with van der Waals surface area (Å²) < 4.78 is 30.8. The topological polar surface area (TPSA) is 126 Å². The molecule has 1 aliphatic rings. The summed E-state index contributed by atoms with van der Waals surface area (Å²) in [6, 6.07) is 4.54. The van der Waals surface area contributed by atoms with Gasteiger partial charge in [-0.2, -0.15) is 0 Å². The third kappa shape index (κ3) is 6.75. The van der Waals surface area contributed by atoms with Crippen molar-refractivity contribution in [2.45, 2.75) is 84.7 Å². The van der Waals surface area contributed by atoms with Crippen molar-refractivity contribution in [2.75, 3.05) is 16.2 Å². The number of thiol groups is 1. The molecule has 0 radical (unpaired) electrons. The van der Waals surface area contributed by atoms with Crippen LogP contribution in [-0.4, -0.2) is 43.3 Å². The number of azo groups is 1. The number of hydrogen-bond acceptors (Lipinski definition) is 10. The zero-order valence-corrected chi connectivity index (χ0v) is 22.4. The molecule has 1 N–H and O–H groups in total. The second-order valence-electron chi connectivity index (χ2n) is 8.42. The first-order chi connectivity index (χ1) is 16.9. The largest absolute Gasteiger partial charge is 0.460 e. The van der Waals surface area contributed by atoms with Gasteiger partial charge in [-0.1, -0.05) is 45.5 Å². The molecule has 0 saturated carbocycles. The van der Waals surface area contributed by atoms with E-state index >= 15 is 0 Å². The summed E-state index contributed by atoms with van der Waals surface area (Å²) >= 11 is 0.975. The van der Waals surface area contributed by atoms with Gasteiger partial charge in [0, 0.05) is 17.8 Å². The lowest BCUT2D eigenvalue weighted by molar-refractivity contribution is 0.0498. The lowest BCUT2D eigenvalue weighted by atomic mass is 9.90. The number of anilines is 2. The molecule has 12 heteroatoms. The summed E-state index contributed by atoms with van der Waals surface area (Å²) in [7, 11) is -2.89. The number of nitrogens with one attached hydrogen (secondary N) is 1. The van der Waals surface area contributed by atoms with Gasteiger partial charge >= 0.3 is 5.97 Å². The highest BCUT2D eigenvalue weighted by atomic mass is 32.2. The van der Waals surface area contributed by atoms with Gasteiger partial charge in [-0.25, -0.2) is 13.2 Å². The number of nitrogens with zero attached hydrogens (tertiary/aromatic N) is 5. The van der Waals surface area contributed by atoms with Crippen LogP contribution in [0.4, 0.5) is 22.2 Å². The van der Waals surface area contributed by atoms with Crippen LogP contribution in [0.5, 0.6) is 0 Å². The maximum Gasteiger partial charge on any atom is 0.369 e. The van der Waals surface area contributed by atoms with Crippen molar-refractivity contribution in [1.29, 1.82) is 0 Å². The molecule has 1 aliphatic heterocycles. The molecule has 1 aromatic carbocycles. The van der Waals surface area contributed by atoms with Crippen LogP contribution in [0.3, 0.4) is 0 Å². The average Bonchev–Trinajstić information content (AvgIpc) is 3.32. The first kappa shape index (κ1) is 27.0. The Morgan fingerprint density at radius 2 is 2.00 bits per heavy atom. The molecule has 0 spiro atoms. The smallest absolute Gasteiger partial charge is 0.369 e. The van der Waals surface area contributed by atoms with Crippen molar-refractivity contribution in [3.8, 4) is 0 Å². The van der Waals surface area contributed by atoms with Gasteiger partial charge in [0.25, 0.3) is 5.13 Å². The van der Waals surface area contributed by atoms with Crippen molar-refractivity contribution >= 4 is 50.4 Å². The number of ether oxygens (including phenoxy) is 1. The Labute approximate surface area is 212 Å². The third-order valence-electron chi connectivity index (χ3n) is 6.20. The highest BCUT2D eigenvalue weighted by Gasteiger charge is 2.30. The van der Waals surface area contributed by atoms with Crippen molar-refractivity contribution in [2.24, 2.45) is 10.2 Å². The van der Waals surface area contributed by atoms with Crippen LogP contribution in [0.25, 0.3) is 0 Å². The quantitative estimate of drug-likeness (QED) is 0.161. The number of hydrogen-bond donors (Lipinski definition) is 2. The molecule has 192 valence electrons. The lowest BCUT2D eigenvalue weighted by Gasteiger charge is -2.44. The van der Waals surface area contributed by atoms with Crippen LogP contribution in [0.15, 0.2) is 22.4 Å². The number of carbonyl (C=O) groups is 1. The number of benzene rings is 1. The molecule has 0 saturated heterocycles. The summed E-state index contributed by atoms with van der Waals surface area (Å²) in [5, 5.41) is 16.4. The first-order valence-corrected chi connectivity index (χ1v) is 14.2. The number of aromatic nitrogens is 2. The van der Waals surface area contributed by atoms with Gasteiger partial charge in [-0.05, 0) is 56.2 Å². The summed E-state index contributed by atoms with van der Waals surface area (Å²) in [5.74, 6) is -0.538. The predicted octanol–water partition coefficient (Wildman–Crippen LogP) is 5.57. The van der Waals surface area contributed by atoms with Crippen LogP contribution in [0, 0.1) is 0 Å². The van der Waals surface area contributed by atoms with Crippen molar-refractivity contribution in [3.63, 3.8) is 0 Å². The van der Waals surface area contributed by atoms with Crippen LogP contribution >= 0.6 is 11.3 Å². The predicted molar refractivity (Wildman–Crippen MR) is 139 cm³/mol. The molecule has 0 fully saturated rings. The fourth-order valence-electron chi connectivity index (χ4n) is 4.37. The fraction of sp³-hybridized carbons (Fsp3) is 0.609. The normalized spacial score (nSPS) is 15.7. The molecule has 1 aromatic heterocycles. The number of fused-ring (bicyclic) bond motifs is 1. The average molecular weight is 523 g/mol. The molecular formula is C23H34N6O4S2. The van der Waals surface area contributed by atoms with Gasteiger partial charge in [0.1, 0.15) is 5.69 Å². The van der Waals surface area contributed by atoms with Gasteiger partial charge < -0.3 is 9.64 Å². The standard InChI is InChI=1S/C23H34N6O4S2/c1-5-9-12-33-22(30)21-25-27-23(34-21)26-24-18-13-15-10-11-17(8-4)29(16(6-2)7-3)20(15)14-19(18)28-35(31)32/h13-14,16-17,35H,5-12H2,1-4H3,(H,28,31,32). The van der Waals surface area contributed by atoms with Crippen LogP contribution in [0.1, 0.15) is 81.6 Å². The van der Waals surface area contributed by atoms with Gasteiger partial charge in [0.05, 0.1) is 12.3 Å². The molecular weight excluding hydrogens is 488 g/mol. The molecule has 2 aromatic rings. The van der Waals surface area contributed by atoms with Crippen LogP contribution < -0.4 is 9.62 Å². The zero-order chi connectivity index (χ0) is 25.4. The third-order valence-corrected chi connectivity index (χ3v) is 7.41. The second-order valence-corrected chi connectivity index (χ2v) is 10.1. The van der Waals surface area contributed by atoms with E-state index in [4.69, 9.17) is 4.74 Å².